The Morgan fingerprint density at radius 3 is 1.41 bits per heavy atom. The van der Waals surface area contributed by atoms with E-state index in [4.69, 9.17) is 0 Å². The first-order valence-electron chi connectivity index (χ1n) is 13.4. The van der Waals surface area contributed by atoms with Gasteiger partial charge in [-0.15, -0.1) is 0 Å². The summed E-state index contributed by atoms with van der Waals surface area (Å²) in [4.78, 5) is 0. The molecule has 0 aliphatic carbocycles. The van der Waals surface area contributed by atoms with Crippen LogP contribution < -0.4 is 0 Å². The van der Waals surface area contributed by atoms with E-state index >= 15 is 0 Å². The Kier molecular flexibility index (Phi) is 23.8. The van der Waals surface area contributed by atoms with Crippen LogP contribution >= 0.6 is 0 Å². The van der Waals surface area contributed by atoms with E-state index in [2.05, 4.69) is 39.8 Å². The molecule has 29 heavy (non-hydrogen) atoms. The quantitative estimate of drug-likeness (QED) is 0.117. The van der Waals surface area contributed by atoms with Gasteiger partial charge in [0.15, 0.2) is 0 Å². The van der Waals surface area contributed by atoms with Gasteiger partial charge >= 0.3 is 0 Å². The van der Waals surface area contributed by atoms with Crippen molar-refractivity contribution in [2.45, 2.75) is 149 Å². The lowest BCUT2D eigenvalue weighted by Gasteiger charge is -2.18. The summed E-state index contributed by atoms with van der Waals surface area (Å²) in [6.07, 6.45) is 33.7. The number of allylic oxidation sites excluding steroid dienone is 2. The average molecular weight is 405 g/mol. The minimum Gasteiger partial charge on any atom is -0.0885 e. The third-order valence-corrected chi connectivity index (χ3v) is 6.19. The molecule has 1 atom stereocenters. The van der Waals surface area contributed by atoms with Crippen molar-refractivity contribution >= 4 is 0 Å². The Morgan fingerprint density at radius 2 is 0.931 bits per heavy atom. The van der Waals surface area contributed by atoms with Crippen molar-refractivity contribution in [1.82, 2.24) is 0 Å². The standard InChI is InChI=1S/C29H56/c1-5-7-9-10-11-12-13-14-15-16-17-18-19-20-21-22-23-24-26-29(25-8-6-2)27-28(3)4/h11-12,28-29H,1-2,5-10,13-27H2,3-4H3/b12-11+. The zero-order valence-electron chi connectivity index (χ0n) is 20.6. The average Bonchev–Trinajstić information content (AvgIpc) is 2.70. The fraction of sp³-hybridized carbons (Fsp3) is 0.862. The molecule has 0 bridgehead atoms. The molecule has 0 heteroatoms. The van der Waals surface area contributed by atoms with Crippen molar-refractivity contribution < 1.29 is 0 Å². The summed E-state index contributed by atoms with van der Waals surface area (Å²) in [5, 5.41) is 0. The van der Waals surface area contributed by atoms with Crippen LogP contribution in [0.3, 0.4) is 0 Å². The second-order valence-corrected chi connectivity index (χ2v) is 9.78. The summed E-state index contributed by atoms with van der Waals surface area (Å²) in [5.41, 5.74) is 0. The summed E-state index contributed by atoms with van der Waals surface area (Å²) in [5.74, 6) is 1.82. The summed E-state index contributed by atoms with van der Waals surface area (Å²) < 4.78 is 0. The number of rotatable bonds is 23. The summed E-state index contributed by atoms with van der Waals surface area (Å²) in [7, 11) is 0. The van der Waals surface area contributed by atoms with Crippen LogP contribution in [0.1, 0.15) is 149 Å². The van der Waals surface area contributed by atoms with Gasteiger partial charge in [-0.2, -0.15) is 0 Å². The number of unbranched alkanes of at least 4 members (excludes halogenated alkanes) is 15. The highest BCUT2D eigenvalue weighted by atomic mass is 14.2. The molecular weight excluding hydrogens is 348 g/mol. The van der Waals surface area contributed by atoms with Gasteiger partial charge in [-0.25, -0.2) is 0 Å². The van der Waals surface area contributed by atoms with Crippen LogP contribution in [0.5, 0.6) is 0 Å². The first-order valence-corrected chi connectivity index (χ1v) is 13.4. The molecule has 0 saturated carbocycles. The number of hydrogen-bond donors (Lipinski definition) is 0. The van der Waals surface area contributed by atoms with Crippen LogP contribution in [0.25, 0.3) is 0 Å². The third-order valence-electron chi connectivity index (χ3n) is 6.19. The maximum atomic E-state index is 4.02. The van der Waals surface area contributed by atoms with Crippen LogP contribution in [-0.4, -0.2) is 0 Å². The highest BCUT2D eigenvalue weighted by Crippen LogP contribution is 2.24. The van der Waals surface area contributed by atoms with Gasteiger partial charge in [0.25, 0.3) is 0 Å². The van der Waals surface area contributed by atoms with Gasteiger partial charge in [0.05, 0.1) is 0 Å². The molecule has 2 radical (unpaired) electrons. The second kappa shape index (κ2) is 24.0. The first-order chi connectivity index (χ1) is 14.2. The lowest BCUT2D eigenvalue weighted by Crippen LogP contribution is -2.05. The molecule has 0 spiro atoms. The molecule has 0 aliphatic rings. The van der Waals surface area contributed by atoms with Gasteiger partial charge in [0.2, 0.25) is 0 Å². The van der Waals surface area contributed by atoms with E-state index in [1.165, 1.54) is 122 Å². The fourth-order valence-corrected chi connectivity index (χ4v) is 4.44. The normalized spacial score (nSPS) is 13.0. The van der Waals surface area contributed by atoms with Gasteiger partial charge in [-0.05, 0) is 43.9 Å². The molecule has 0 rings (SSSR count). The van der Waals surface area contributed by atoms with Crippen LogP contribution in [-0.2, 0) is 0 Å². The lowest BCUT2D eigenvalue weighted by atomic mass is 9.88. The largest absolute Gasteiger partial charge is 0.0885 e. The highest BCUT2D eigenvalue weighted by Gasteiger charge is 2.10. The smallest absolute Gasteiger partial charge is 0.0351 e. The highest BCUT2D eigenvalue weighted by molar-refractivity contribution is 4.81. The Labute approximate surface area is 186 Å². The Hall–Kier alpha value is -0.260. The summed E-state index contributed by atoms with van der Waals surface area (Å²) in [6.45, 7) is 12.7. The zero-order chi connectivity index (χ0) is 21.4. The third kappa shape index (κ3) is 23.9. The molecule has 0 heterocycles. The van der Waals surface area contributed by atoms with Crippen molar-refractivity contribution in [3.63, 3.8) is 0 Å². The van der Waals surface area contributed by atoms with E-state index in [-0.39, 0.29) is 0 Å². The summed E-state index contributed by atoms with van der Waals surface area (Å²) in [6, 6.07) is 0. The van der Waals surface area contributed by atoms with E-state index in [0.717, 1.165) is 24.7 Å². The molecule has 0 aliphatic heterocycles. The maximum absolute atomic E-state index is 4.02. The van der Waals surface area contributed by atoms with Gasteiger partial charge in [0.1, 0.15) is 0 Å². The van der Waals surface area contributed by atoms with Crippen molar-refractivity contribution in [3.8, 4) is 0 Å². The van der Waals surface area contributed by atoms with E-state index < -0.39 is 0 Å². The molecule has 172 valence electrons. The Morgan fingerprint density at radius 1 is 0.517 bits per heavy atom. The van der Waals surface area contributed by atoms with Gasteiger partial charge < -0.3 is 0 Å². The molecule has 0 aromatic heterocycles. The van der Waals surface area contributed by atoms with Crippen LogP contribution in [0.2, 0.25) is 0 Å². The molecule has 1 unspecified atom stereocenters. The predicted molar refractivity (Wildman–Crippen MR) is 135 cm³/mol. The minimum absolute atomic E-state index is 0.856. The van der Waals surface area contributed by atoms with Crippen molar-refractivity contribution in [2.24, 2.45) is 11.8 Å². The molecule has 0 aromatic carbocycles. The van der Waals surface area contributed by atoms with Crippen LogP contribution in [0.15, 0.2) is 12.2 Å². The SMILES string of the molecule is [CH2]CCCC/C=C/CCCCCCCCCCCCCC(CCC[CH2])CC(C)C. The van der Waals surface area contributed by atoms with Crippen molar-refractivity contribution in [3.05, 3.63) is 26.0 Å². The minimum atomic E-state index is 0.856. The topological polar surface area (TPSA) is 0 Å². The molecule has 0 fully saturated rings. The van der Waals surface area contributed by atoms with Crippen molar-refractivity contribution in [1.29, 1.82) is 0 Å². The van der Waals surface area contributed by atoms with Gasteiger partial charge in [-0.3, -0.25) is 0 Å². The summed E-state index contributed by atoms with van der Waals surface area (Å²) >= 11 is 0. The van der Waals surface area contributed by atoms with Gasteiger partial charge in [0, 0.05) is 0 Å². The Bertz CT molecular complexity index is 314. The van der Waals surface area contributed by atoms with Crippen molar-refractivity contribution in [2.75, 3.05) is 0 Å². The second-order valence-electron chi connectivity index (χ2n) is 9.78. The van der Waals surface area contributed by atoms with Gasteiger partial charge in [-0.1, -0.05) is 143 Å². The molecular formula is C29H56. The number of hydrogen-bond acceptors (Lipinski definition) is 0. The maximum Gasteiger partial charge on any atom is -0.0351 e. The molecule has 0 amide bonds. The first kappa shape index (κ1) is 28.7. The monoisotopic (exact) mass is 404 g/mol. The molecule has 0 saturated heterocycles. The molecule has 0 aromatic rings. The Balaban J connectivity index is 3.30. The van der Waals surface area contributed by atoms with E-state index in [9.17, 15) is 0 Å². The van der Waals surface area contributed by atoms with E-state index in [1.807, 2.05) is 0 Å². The molecule has 0 N–H and O–H groups in total. The van der Waals surface area contributed by atoms with Crippen LogP contribution in [0, 0.1) is 25.7 Å². The lowest BCUT2D eigenvalue weighted by molar-refractivity contribution is 0.344. The zero-order valence-corrected chi connectivity index (χ0v) is 20.6. The molecule has 0 nitrogen and oxygen atoms in total. The van der Waals surface area contributed by atoms with Crippen LogP contribution in [0.4, 0.5) is 0 Å². The predicted octanol–water partition coefficient (Wildman–Crippen LogP) is 10.7. The fourth-order valence-electron chi connectivity index (χ4n) is 4.44. The van der Waals surface area contributed by atoms with E-state index in [0.29, 0.717) is 0 Å². The van der Waals surface area contributed by atoms with E-state index in [1.54, 1.807) is 0 Å².